The lowest BCUT2D eigenvalue weighted by Crippen LogP contribution is -2.08. The molecule has 0 spiro atoms. The number of fused-ring (bicyclic) bond motifs is 1. The zero-order valence-corrected chi connectivity index (χ0v) is 11.2. The number of rotatable bonds is 2. The van der Waals surface area contributed by atoms with Gasteiger partial charge in [0.25, 0.3) is 0 Å². The predicted molar refractivity (Wildman–Crippen MR) is 71.5 cm³/mol. The largest absolute Gasteiger partial charge is 0.478 e. The van der Waals surface area contributed by atoms with Gasteiger partial charge < -0.3 is 5.11 Å². The summed E-state index contributed by atoms with van der Waals surface area (Å²) in [6.45, 7) is 3.68. The van der Waals surface area contributed by atoms with Gasteiger partial charge in [-0.2, -0.15) is 5.10 Å². The topological polar surface area (TPSA) is 68.0 Å². The van der Waals surface area contributed by atoms with Gasteiger partial charge >= 0.3 is 5.97 Å². The molecule has 2 aromatic heterocycles. The summed E-state index contributed by atoms with van der Waals surface area (Å²) in [4.78, 5) is 15.9. The molecular formula is C14H17N3O2. The number of aromatic carboxylic acids is 1. The summed E-state index contributed by atoms with van der Waals surface area (Å²) in [6, 6.07) is 1.99. The Morgan fingerprint density at radius 3 is 2.68 bits per heavy atom. The number of aryl methyl sites for hydroxylation is 2. The molecule has 0 aromatic carbocycles. The van der Waals surface area contributed by atoms with Crippen LogP contribution in [0.5, 0.6) is 0 Å². The molecule has 0 radical (unpaired) electrons. The summed E-state index contributed by atoms with van der Waals surface area (Å²) in [6.07, 6.45) is 4.63. The van der Waals surface area contributed by atoms with Crippen molar-refractivity contribution in [3.63, 3.8) is 0 Å². The fourth-order valence-electron chi connectivity index (χ4n) is 3.01. The van der Waals surface area contributed by atoms with E-state index in [0.29, 0.717) is 17.0 Å². The molecular weight excluding hydrogens is 242 g/mol. The van der Waals surface area contributed by atoms with Gasteiger partial charge in [0.2, 0.25) is 0 Å². The minimum atomic E-state index is -0.912. The lowest BCUT2D eigenvalue weighted by Gasteiger charge is -2.11. The van der Waals surface area contributed by atoms with E-state index >= 15 is 0 Å². The highest BCUT2D eigenvalue weighted by molar-refractivity contribution is 6.02. The molecule has 100 valence electrons. The van der Waals surface area contributed by atoms with Crippen LogP contribution in [0.1, 0.15) is 53.5 Å². The van der Waals surface area contributed by atoms with Crippen molar-refractivity contribution < 1.29 is 9.90 Å². The summed E-state index contributed by atoms with van der Waals surface area (Å²) in [5.74, 6) is -0.912. The van der Waals surface area contributed by atoms with Gasteiger partial charge in [-0.1, -0.05) is 12.8 Å². The third-order valence-electron chi connectivity index (χ3n) is 3.87. The molecule has 1 saturated carbocycles. The maximum Gasteiger partial charge on any atom is 0.336 e. The third kappa shape index (κ3) is 1.89. The fourth-order valence-corrected chi connectivity index (χ4v) is 3.01. The highest BCUT2D eigenvalue weighted by atomic mass is 16.4. The maximum absolute atomic E-state index is 11.4. The zero-order chi connectivity index (χ0) is 13.6. The average molecular weight is 259 g/mol. The lowest BCUT2D eigenvalue weighted by molar-refractivity contribution is 0.0698. The minimum absolute atomic E-state index is 0.309. The van der Waals surface area contributed by atoms with Gasteiger partial charge in [-0.15, -0.1) is 0 Å². The second kappa shape index (κ2) is 4.33. The number of nitrogens with zero attached hydrogens (tertiary/aromatic N) is 3. The summed E-state index contributed by atoms with van der Waals surface area (Å²) < 4.78 is 1.94. The van der Waals surface area contributed by atoms with Crippen LogP contribution in [0.15, 0.2) is 6.07 Å². The molecule has 0 amide bonds. The van der Waals surface area contributed by atoms with Crippen LogP contribution in [0, 0.1) is 13.8 Å². The van der Waals surface area contributed by atoms with Gasteiger partial charge in [0.15, 0.2) is 5.65 Å². The Kier molecular flexibility index (Phi) is 2.77. The summed E-state index contributed by atoms with van der Waals surface area (Å²) in [7, 11) is 0. The summed E-state index contributed by atoms with van der Waals surface area (Å²) in [5.41, 5.74) is 2.52. The lowest BCUT2D eigenvalue weighted by atomic mass is 10.1. The standard InChI is InChI=1S/C14H17N3O2/c1-8-7-11(14(18)19)12-9(2)16-17(13(12)15-8)10-5-3-4-6-10/h7,10H,3-6H2,1-2H3,(H,18,19). The van der Waals surface area contributed by atoms with Crippen LogP contribution in [0.4, 0.5) is 0 Å². The van der Waals surface area contributed by atoms with Crippen LogP contribution in [-0.2, 0) is 0 Å². The Morgan fingerprint density at radius 1 is 1.37 bits per heavy atom. The summed E-state index contributed by atoms with van der Waals surface area (Å²) >= 11 is 0. The van der Waals surface area contributed by atoms with E-state index in [1.165, 1.54) is 12.8 Å². The van der Waals surface area contributed by atoms with Gasteiger partial charge in [-0.3, -0.25) is 0 Å². The average Bonchev–Trinajstić information content (AvgIpc) is 2.96. The monoisotopic (exact) mass is 259 g/mol. The van der Waals surface area contributed by atoms with Gasteiger partial charge in [0.1, 0.15) is 0 Å². The number of pyridine rings is 1. The molecule has 1 N–H and O–H groups in total. The van der Waals surface area contributed by atoms with Crippen molar-refractivity contribution in [1.82, 2.24) is 14.8 Å². The quantitative estimate of drug-likeness (QED) is 0.900. The molecule has 1 fully saturated rings. The molecule has 5 nitrogen and oxygen atoms in total. The number of carbonyl (C=O) groups is 1. The van der Waals surface area contributed by atoms with Crippen LogP contribution in [0.25, 0.3) is 11.0 Å². The van der Waals surface area contributed by atoms with Crippen LogP contribution < -0.4 is 0 Å². The Hall–Kier alpha value is -1.91. The van der Waals surface area contributed by atoms with E-state index in [4.69, 9.17) is 0 Å². The molecule has 0 unspecified atom stereocenters. The van der Waals surface area contributed by atoms with E-state index in [1.807, 2.05) is 18.5 Å². The fraction of sp³-hybridized carbons (Fsp3) is 0.500. The van der Waals surface area contributed by atoms with Gasteiger partial charge in [-0.25, -0.2) is 14.5 Å². The van der Waals surface area contributed by atoms with Crippen molar-refractivity contribution in [3.8, 4) is 0 Å². The number of hydrogen-bond donors (Lipinski definition) is 1. The van der Waals surface area contributed by atoms with Crippen LogP contribution >= 0.6 is 0 Å². The van der Waals surface area contributed by atoms with Gasteiger partial charge in [0.05, 0.1) is 22.7 Å². The molecule has 0 saturated heterocycles. The van der Waals surface area contributed by atoms with Crippen molar-refractivity contribution in [2.75, 3.05) is 0 Å². The van der Waals surface area contributed by atoms with Crippen molar-refractivity contribution in [2.24, 2.45) is 0 Å². The smallest absolute Gasteiger partial charge is 0.336 e. The van der Waals surface area contributed by atoms with Crippen LogP contribution in [-0.4, -0.2) is 25.8 Å². The molecule has 5 heteroatoms. The van der Waals surface area contributed by atoms with E-state index in [9.17, 15) is 9.90 Å². The number of carboxylic acid groups (broad SMARTS) is 1. The Morgan fingerprint density at radius 2 is 2.05 bits per heavy atom. The molecule has 3 rings (SSSR count). The first-order valence-corrected chi connectivity index (χ1v) is 6.67. The van der Waals surface area contributed by atoms with Crippen molar-refractivity contribution in [1.29, 1.82) is 0 Å². The zero-order valence-electron chi connectivity index (χ0n) is 11.2. The Bertz CT molecular complexity index is 654. The first-order valence-electron chi connectivity index (χ1n) is 6.67. The molecule has 2 aromatic rings. The normalized spacial score (nSPS) is 16.3. The highest BCUT2D eigenvalue weighted by Crippen LogP contribution is 2.33. The van der Waals surface area contributed by atoms with Gasteiger partial charge in [0, 0.05) is 5.69 Å². The molecule has 1 aliphatic carbocycles. The second-order valence-corrected chi connectivity index (χ2v) is 5.28. The van der Waals surface area contributed by atoms with E-state index in [2.05, 4.69) is 10.1 Å². The molecule has 0 aliphatic heterocycles. The summed E-state index contributed by atoms with van der Waals surface area (Å²) in [5, 5.41) is 14.6. The van der Waals surface area contributed by atoms with E-state index in [-0.39, 0.29) is 0 Å². The van der Waals surface area contributed by atoms with Crippen molar-refractivity contribution in [2.45, 2.75) is 45.6 Å². The predicted octanol–water partition coefficient (Wildman–Crippen LogP) is 2.86. The highest BCUT2D eigenvalue weighted by Gasteiger charge is 2.24. The molecule has 2 heterocycles. The van der Waals surface area contributed by atoms with Crippen LogP contribution in [0.2, 0.25) is 0 Å². The molecule has 1 aliphatic rings. The van der Waals surface area contributed by atoms with E-state index in [1.54, 1.807) is 6.07 Å². The van der Waals surface area contributed by atoms with E-state index < -0.39 is 5.97 Å². The van der Waals surface area contributed by atoms with Crippen molar-refractivity contribution in [3.05, 3.63) is 23.0 Å². The SMILES string of the molecule is Cc1cc(C(=O)O)c2c(C)nn(C3CCCC3)c2n1. The maximum atomic E-state index is 11.4. The Balaban J connectivity index is 2.28. The minimum Gasteiger partial charge on any atom is -0.478 e. The van der Waals surface area contributed by atoms with Crippen LogP contribution in [0.3, 0.4) is 0 Å². The van der Waals surface area contributed by atoms with E-state index in [0.717, 1.165) is 29.9 Å². The Labute approximate surface area is 111 Å². The number of hydrogen-bond acceptors (Lipinski definition) is 3. The van der Waals surface area contributed by atoms with Crippen molar-refractivity contribution >= 4 is 17.0 Å². The number of carboxylic acids is 1. The van der Waals surface area contributed by atoms with Gasteiger partial charge in [-0.05, 0) is 32.8 Å². The number of aromatic nitrogens is 3. The molecule has 0 bridgehead atoms. The first kappa shape index (κ1) is 12.1. The second-order valence-electron chi connectivity index (χ2n) is 5.28. The third-order valence-corrected chi connectivity index (χ3v) is 3.87. The first-order chi connectivity index (χ1) is 9.08. The molecule has 0 atom stereocenters. The molecule has 19 heavy (non-hydrogen) atoms.